The predicted octanol–water partition coefficient (Wildman–Crippen LogP) is 2.83. The van der Waals surface area contributed by atoms with Gasteiger partial charge in [-0.2, -0.15) is 0 Å². The number of nitrogens with one attached hydrogen (secondary N) is 1. The topological polar surface area (TPSA) is 79.2 Å². The van der Waals surface area contributed by atoms with Gasteiger partial charge in [-0.3, -0.25) is 14.9 Å². The molecule has 0 radical (unpaired) electrons. The molecule has 1 aliphatic rings. The Morgan fingerprint density at radius 3 is 2.86 bits per heavy atom. The molecule has 3 rings (SSSR count). The summed E-state index contributed by atoms with van der Waals surface area (Å²) >= 11 is 0. The molecule has 1 amide bonds. The third-order valence-electron chi connectivity index (χ3n) is 4.08. The maximum atomic E-state index is 12.6. The van der Waals surface area contributed by atoms with Crippen LogP contribution in [0.4, 0.5) is 5.69 Å². The molecule has 6 nitrogen and oxygen atoms in total. The molecule has 2 aromatic rings. The van der Waals surface area contributed by atoms with Gasteiger partial charge in [0.25, 0.3) is 5.69 Å². The van der Waals surface area contributed by atoms with Crippen molar-refractivity contribution in [2.75, 3.05) is 6.54 Å². The van der Waals surface area contributed by atoms with Crippen molar-refractivity contribution in [3.63, 3.8) is 0 Å². The maximum Gasteiger partial charge on any atom is 0.273 e. The van der Waals surface area contributed by atoms with Crippen LogP contribution in [0.3, 0.4) is 0 Å². The van der Waals surface area contributed by atoms with Crippen molar-refractivity contribution < 1.29 is 9.72 Å². The number of rotatable bonds is 4. The molecule has 1 saturated heterocycles. The van der Waals surface area contributed by atoms with E-state index in [1.165, 1.54) is 6.07 Å². The third kappa shape index (κ3) is 2.72. The summed E-state index contributed by atoms with van der Waals surface area (Å²) in [6.07, 6.45) is 3.78. The van der Waals surface area contributed by atoms with Gasteiger partial charge in [0.15, 0.2) is 0 Å². The summed E-state index contributed by atoms with van der Waals surface area (Å²) in [6.45, 7) is 0.698. The van der Waals surface area contributed by atoms with Crippen molar-refractivity contribution in [3.8, 4) is 0 Å². The monoisotopic (exact) mass is 299 g/mol. The van der Waals surface area contributed by atoms with Gasteiger partial charge >= 0.3 is 0 Å². The molecule has 0 spiro atoms. The quantitative estimate of drug-likeness (QED) is 0.696. The molecule has 0 aliphatic carbocycles. The first-order valence-corrected chi connectivity index (χ1v) is 7.32. The molecular weight excluding hydrogens is 282 g/mol. The zero-order chi connectivity index (χ0) is 15.5. The number of hydrogen-bond acceptors (Lipinski definition) is 3. The van der Waals surface area contributed by atoms with Gasteiger partial charge in [-0.05, 0) is 25.0 Å². The van der Waals surface area contributed by atoms with Crippen LogP contribution in [-0.4, -0.2) is 27.3 Å². The lowest BCUT2D eigenvalue weighted by Gasteiger charge is -2.24. The van der Waals surface area contributed by atoms with Gasteiger partial charge in [-0.25, -0.2) is 0 Å². The molecule has 1 aromatic heterocycles. The van der Waals surface area contributed by atoms with Crippen molar-refractivity contribution in [2.24, 2.45) is 0 Å². The lowest BCUT2D eigenvalue weighted by Crippen LogP contribution is -2.32. The normalized spacial score (nSPS) is 17.6. The standard InChI is InChI=1S/C16H17N3O3/c20-16(11-12-5-1-2-7-14(12)19(21)22)18-10-4-8-15(18)13-6-3-9-17-13/h1-3,5-7,9,15,17H,4,8,10-11H2/t15-/m1/s1. The summed E-state index contributed by atoms with van der Waals surface area (Å²) in [7, 11) is 0. The van der Waals surface area contributed by atoms with E-state index in [2.05, 4.69) is 4.98 Å². The highest BCUT2D eigenvalue weighted by Crippen LogP contribution is 2.32. The first kappa shape index (κ1) is 14.3. The first-order chi connectivity index (χ1) is 10.7. The molecule has 1 fully saturated rings. The Labute approximate surface area is 127 Å². The highest BCUT2D eigenvalue weighted by Gasteiger charge is 2.31. The van der Waals surface area contributed by atoms with E-state index in [0.29, 0.717) is 12.1 Å². The average molecular weight is 299 g/mol. The van der Waals surface area contributed by atoms with Crippen LogP contribution in [0.25, 0.3) is 0 Å². The molecule has 1 aromatic carbocycles. The lowest BCUT2D eigenvalue weighted by atomic mass is 10.1. The summed E-state index contributed by atoms with van der Waals surface area (Å²) in [6, 6.07) is 10.4. The average Bonchev–Trinajstić information content (AvgIpc) is 3.18. The second-order valence-corrected chi connectivity index (χ2v) is 5.43. The molecular formula is C16H17N3O3. The van der Waals surface area contributed by atoms with Crippen LogP contribution in [0.2, 0.25) is 0 Å². The number of nitro groups is 1. The van der Waals surface area contributed by atoms with Crippen molar-refractivity contribution in [2.45, 2.75) is 25.3 Å². The highest BCUT2D eigenvalue weighted by atomic mass is 16.6. The van der Waals surface area contributed by atoms with E-state index < -0.39 is 4.92 Å². The maximum absolute atomic E-state index is 12.6. The Morgan fingerprint density at radius 1 is 1.32 bits per heavy atom. The van der Waals surface area contributed by atoms with Crippen LogP contribution >= 0.6 is 0 Å². The van der Waals surface area contributed by atoms with Gasteiger partial charge in [0.2, 0.25) is 5.91 Å². The predicted molar refractivity (Wildman–Crippen MR) is 81.3 cm³/mol. The van der Waals surface area contributed by atoms with E-state index in [1.54, 1.807) is 18.2 Å². The molecule has 22 heavy (non-hydrogen) atoms. The Kier molecular flexibility index (Phi) is 3.91. The second kappa shape index (κ2) is 6.01. The van der Waals surface area contributed by atoms with Gasteiger partial charge in [0.1, 0.15) is 0 Å². The fourth-order valence-corrected chi connectivity index (χ4v) is 3.04. The zero-order valence-corrected chi connectivity index (χ0v) is 12.1. The number of carbonyl (C=O) groups excluding carboxylic acids is 1. The molecule has 1 atom stereocenters. The zero-order valence-electron chi connectivity index (χ0n) is 12.1. The summed E-state index contributed by atoms with van der Waals surface area (Å²) in [5.41, 5.74) is 1.49. The van der Waals surface area contributed by atoms with E-state index in [0.717, 1.165) is 18.5 Å². The Bertz CT molecular complexity index is 682. The van der Waals surface area contributed by atoms with Crippen LogP contribution in [0.15, 0.2) is 42.6 Å². The fraction of sp³-hybridized carbons (Fsp3) is 0.312. The summed E-state index contributed by atoms with van der Waals surface area (Å²) in [4.78, 5) is 28.2. The Morgan fingerprint density at radius 2 is 2.14 bits per heavy atom. The van der Waals surface area contributed by atoms with E-state index in [9.17, 15) is 14.9 Å². The van der Waals surface area contributed by atoms with E-state index in [1.807, 2.05) is 23.2 Å². The number of hydrogen-bond donors (Lipinski definition) is 1. The van der Waals surface area contributed by atoms with Gasteiger partial charge in [0.05, 0.1) is 17.4 Å². The molecule has 2 heterocycles. The van der Waals surface area contributed by atoms with Crippen LogP contribution < -0.4 is 0 Å². The molecule has 114 valence electrons. The summed E-state index contributed by atoms with van der Waals surface area (Å²) in [5.74, 6) is -0.0635. The van der Waals surface area contributed by atoms with Crippen molar-refractivity contribution in [3.05, 3.63) is 64.0 Å². The van der Waals surface area contributed by atoms with Crippen LogP contribution in [0, 0.1) is 10.1 Å². The molecule has 1 aliphatic heterocycles. The summed E-state index contributed by atoms with van der Waals surface area (Å²) in [5, 5.41) is 11.1. The SMILES string of the molecule is O=C(Cc1ccccc1[N+](=O)[O-])N1CCC[C@@H]1c1ccc[nH]1. The number of carbonyl (C=O) groups is 1. The number of likely N-dealkylation sites (tertiary alicyclic amines) is 1. The van der Waals surface area contributed by atoms with Crippen LogP contribution in [-0.2, 0) is 11.2 Å². The number of nitro benzene ring substituents is 1. The minimum atomic E-state index is -0.435. The van der Waals surface area contributed by atoms with Gasteiger partial charge in [-0.15, -0.1) is 0 Å². The van der Waals surface area contributed by atoms with E-state index in [4.69, 9.17) is 0 Å². The van der Waals surface area contributed by atoms with Crippen molar-refractivity contribution >= 4 is 11.6 Å². The number of benzene rings is 1. The number of aromatic nitrogens is 1. The number of aromatic amines is 1. The van der Waals surface area contributed by atoms with Gasteiger partial charge in [0, 0.05) is 30.1 Å². The second-order valence-electron chi connectivity index (χ2n) is 5.43. The van der Waals surface area contributed by atoms with Crippen molar-refractivity contribution in [1.29, 1.82) is 0 Å². The number of nitrogens with zero attached hydrogens (tertiary/aromatic N) is 2. The number of para-hydroxylation sites is 1. The van der Waals surface area contributed by atoms with Gasteiger partial charge < -0.3 is 9.88 Å². The molecule has 6 heteroatoms. The van der Waals surface area contributed by atoms with E-state index in [-0.39, 0.29) is 24.1 Å². The Balaban J connectivity index is 1.79. The molecule has 0 bridgehead atoms. The molecule has 1 N–H and O–H groups in total. The van der Waals surface area contributed by atoms with Gasteiger partial charge in [-0.1, -0.05) is 18.2 Å². The smallest absolute Gasteiger partial charge is 0.273 e. The largest absolute Gasteiger partial charge is 0.363 e. The minimum absolute atomic E-state index is 0.00599. The Hall–Kier alpha value is -2.63. The van der Waals surface area contributed by atoms with Crippen LogP contribution in [0.1, 0.15) is 30.1 Å². The lowest BCUT2D eigenvalue weighted by molar-refractivity contribution is -0.385. The highest BCUT2D eigenvalue weighted by molar-refractivity contribution is 5.80. The molecule has 0 saturated carbocycles. The first-order valence-electron chi connectivity index (χ1n) is 7.32. The summed E-state index contributed by atoms with van der Waals surface area (Å²) < 4.78 is 0. The fourth-order valence-electron chi connectivity index (χ4n) is 3.04. The number of H-pyrrole nitrogens is 1. The van der Waals surface area contributed by atoms with Crippen molar-refractivity contribution in [1.82, 2.24) is 9.88 Å². The van der Waals surface area contributed by atoms with E-state index >= 15 is 0 Å². The number of amides is 1. The van der Waals surface area contributed by atoms with Crippen LogP contribution in [0.5, 0.6) is 0 Å². The minimum Gasteiger partial charge on any atom is -0.363 e. The third-order valence-corrected chi connectivity index (χ3v) is 4.08. The molecule has 0 unspecified atom stereocenters.